The van der Waals surface area contributed by atoms with E-state index < -0.39 is 0 Å². The van der Waals surface area contributed by atoms with Crippen molar-refractivity contribution < 1.29 is 4.79 Å². The van der Waals surface area contributed by atoms with Crippen molar-refractivity contribution in [1.29, 1.82) is 0 Å². The molecule has 0 aliphatic carbocycles. The number of amides is 1. The van der Waals surface area contributed by atoms with Gasteiger partial charge in [-0.1, -0.05) is 20.3 Å². The van der Waals surface area contributed by atoms with Crippen LogP contribution in [0.1, 0.15) is 42.6 Å². The molecule has 0 bridgehead atoms. The van der Waals surface area contributed by atoms with Crippen molar-refractivity contribution in [3.63, 3.8) is 0 Å². The van der Waals surface area contributed by atoms with E-state index in [-0.39, 0.29) is 17.9 Å². The van der Waals surface area contributed by atoms with Crippen LogP contribution < -0.4 is 5.73 Å². The zero-order valence-corrected chi connectivity index (χ0v) is 16.1. The second kappa shape index (κ2) is 7.07. The molecular formula is C18H21N7OS. The van der Waals surface area contributed by atoms with Crippen LogP contribution in [0.5, 0.6) is 0 Å². The molecule has 8 nitrogen and oxygen atoms in total. The van der Waals surface area contributed by atoms with Gasteiger partial charge in [0.25, 0.3) is 5.91 Å². The summed E-state index contributed by atoms with van der Waals surface area (Å²) >= 11 is 1.28. The fourth-order valence-corrected chi connectivity index (χ4v) is 3.92. The Hall–Kier alpha value is -2.81. The number of hydrogen-bond donors (Lipinski definition) is 1. The van der Waals surface area contributed by atoms with Crippen LogP contribution in [0.15, 0.2) is 29.9 Å². The lowest BCUT2D eigenvalue weighted by atomic mass is 9.95. The van der Waals surface area contributed by atoms with Crippen molar-refractivity contribution in [3.05, 3.63) is 41.4 Å². The highest BCUT2D eigenvalue weighted by atomic mass is 32.1. The van der Waals surface area contributed by atoms with Gasteiger partial charge in [-0.05, 0) is 18.1 Å². The SMILES string of the molecule is CC[C@H](C)[C@H]1c2nc(-c3cccnc3)nn2CCN1C(=O)c1csc(N)n1. The monoisotopic (exact) mass is 383 g/mol. The van der Waals surface area contributed by atoms with Crippen molar-refractivity contribution >= 4 is 22.4 Å². The van der Waals surface area contributed by atoms with Crippen molar-refractivity contribution in [2.45, 2.75) is 32.9 Å². The number of pyridine rings is 1. The standard InChI is InChI=1S/C18H21N7OS/c1-3-11(2)14-16-22-15(12-5-4-6-20-9-12)23-25(16)8-7-24(14)17(26)13-10-27-18(19)21-13/h4-6,9-11,14H,3,7-8H2,1-2H3,(H2,19,21)/t11-,14-/m0/s1. The van der Waals surface area contributed by atoms with Crippen LogP contribution in [-0.2, 0) is 6.54 Å². The van der Waals surface area contributed by atoms with Gasteiger partial charge in [0, 0.05) is 29.9 Å². The molecule has 4 rings (SSSR count). The van der Waals surface area contributed by atoms with E-state index in [9.17, 15) is 4.79 Å². The molecule has 3 aromatic heterocycles. The van der Waals surface area contributed by atoms with E-state index in [1.54, 1.807) is 17.8 Å². The van der Waals surface area contributed by atoms with E-state index in [4.69, 9.17) is 10.7 Å². The summed E-state index contributed by atoms with van der Waals surface area (Å²) in [5, 5.41) is 6.77. The van der Waals surface area contributed by atoms with Crippen LogP contribution in [0.25, 0.3) is 11.4 Å². The van der Waals surface area contributed by atoms with Crippen molar-refractivity contribution in [3.8, 4) is 11.4 Å². The number of nitrogens with zero attached hydrogens (tertiary/aromatic N) is 6. The number of nitrogens with two attached hydrogens (primary N) is 1. The maximum Gasteiger partial charge on any atom is 0.274 e. The molecule has 2 atom stereocenters. The van der Waals surface area contributed by atoms with Gasteiger partial charge < -0.3 is 10.6 Å². The third kappa shape index (κ3) is 3.18. The lowest BCUT2D eigenvalue weighted by Gasteiger charge is -2.37. The zero-order chi connectivity index (χ0) is 19.0. The Kier molecular flexibility index (Phi) is 4.61. The van der Waals surface area contributed by atoms with E-state index in [1.807, 2.05) is 21.7 Å². The van der Waals surface area contributed by atoms with E-state index in [0.717, 1.165) is 17.8 Å². The summed E-state index contributed by atoms with van der Waals surface area (Å²) in [4.78, 5) is 28.0. The third-order valence-corrected chi connectivity index (χ3v) is 5.63. The van der Waals surface area contributed by atoms with Gasteiger partial charge >= 0.3 is 0 Å². The Morgan fingerprint density at radius 1 is 1.41 bits per heavy atom. The lowest BCUT2D eigenvalue weighted by Crippen LogP contribution is -2.45. The molecule has 0 aromatic carbocycles. The van der Waals surface area contributed by atoms with Crippen molar-refractivity contribution in [2.24, 2.45) is 5.92 Å². The highest BCUT2D eigenvalue weighted by Crippen LogP contribution is 2.35. The molecule has 140 valence electrons. The summed E-state index contributed by atoms with van der Waals surface area (Å²) in [6.07, 6.45) is 4.39. The summed E-state index contributed by atoms with van der Waals surface area (Å²) < 4.78 is 1.92. The van der Waals surface area contributed by atoms with Crippen LogP contribution in [0.4, 0.5) is 5.13 Å². The predicted octanol–water partition coefficient (Wildman–Crippen LogP) is 2.62. The normalized spacial score (nSPS) is 17.6. The number of nitrogen functional groups attached to an aromatic ring is 1. The molecule has 27 heavy (non-hydrogen) atoms. The van der Waals surface area contributed by atoms with Gasteiger partial charge in [-0.2, -0.15) is 5.10 Å². The van der Waals surface area contributed by atoms with Gasteiger partial charge in [0.15, 0.2) is 16.8 Å². The maximum absolute atomic E-state index is 13.1. The van der Waals surface area contributed by atoms with Gasteiger partial charge in [0.1, 0.15) is 5.69 Å². The summed E-state index contributed by atoms with van der Waals surface area (Å²) in [5.41, 5.74) is 6.98. The van der Waals surface area contributed by atoms with E-state index in [1.165, 1.54) is 11.3 Å². The van der Waals surface area contributed by atoms with Crippen molar-refractivity contribution in [1.82, 2.24) is 29.6 Å². The second-order valence-electron chi connectivity index (χ2n) is 6.66. The molecule has 0 unspecified atom stereocenters. The molecule has 0 spiro atoms. The van der Waals surface area contributed by atoms with Crippen LogP contribution in [0, 0.1) is 5.92 Å². The van der Waals surface area contributed by atoms with Gasteiger partial charge in [-0.25, -0.2) is 14.6 Å². The minimum absolute atomic E-state index is 0.106. The van der Waals surface area contributed by atoms with Gasteiger partial charge in [-0.15, -0.1) is 11.3 Å². The number of rotatable bonds is 4. The molecule has 2 N–H and O–H groups in total. The molecule has 9 heteroatoms. The average Bonchev–Trinajstić information content (AvgIpc) is 3.33. The number of anilines is 1. The molecule has 3 aromatic rings. The first-order valence-electron chi connectivity index (χ1n) is 8.95. The molecule has 1 aliphatic heterocycles. The zero-order valence-electron chi connectivity index (χ0n) is 15.2. The van der Waals surface area contributed by atoms with E-state index in [0.29, 0.717) is 29.7 Å². The summed E-state index contributed by atoms with van der Waals surface area (Å²) in [5.74, 6) is 1.57. The van der Waals surface area contributed by atoms with Gasteiger partial charge in [0.05, 0.1) is 12.6 Å². The number of aromatic nitrogens is 5. The quantitative estimate of drug-likeness (QED) is 0.743. The molecule has 4 heterocycles. The first-order valence-corrected chi connectivity index (χ1v) is 9.83. The number of thiazole rings is 1. The Morgan fingerprint density at radius 2 is 2.26 bits per heavy atom. The Morgan fingerprint density at radius 3 is 2.93 bits per heavy atom. The molecule has 0 fully saturated rings. The Balaban J connectivity index is 1.73. The maximum atomic E-state index is 13.1. The Bertz CT molecular complexity index is 952. The number of carbonyl (C=O) groups is 1. The third-order valence-electron chi connectivity index (χ3n) is 4.96. The largest absolute Gasteiger partial charge is 0.375 e. The summed E-state index contributed by atoms with van der Waals surface area (Å²) in [6, 6.07) is 3.65. The summed E-state index contributed by atoms with van der Waals surface area (Å²) in [7, 11) is 0. The fourth-order valence-electron chi connectivity index (χ4n) is 3.38. The lowest BCUT2D eigenvalue weighted by molar-refractivity contribution is 0.0513. The van der Waals surface area contributed by atoms with E-state index in [2.05, 4.69) is 28.9 Å². The molecule has 0 saturated carbocycles. The average molecular weight is 383 g/mol. The molecule has 1 amide bonds. The second-order valence-corrected chi connectivity index (χ2v) is 7.55. The number of fused-ring (bicyclic) bond motifs is 1. The summed E-state index contributed by atoms with van der Waals surface area (Å²) in [6.45, 7) is 5.41. The van der Waals surface area contributed by atoms with Crippen LogP contribution in [0.3, 0.4) is 0 Å². The first-order chi connectivity index (χ1) is 13.1. The molecule has 0 radical (unpaired) electrons. The first kappa shape index (κ1) is 17.6. The Labute approximate surface area is 161 Å². The van der Waals surface area contributed by atoms with Crippen molar-refractivity contribution in [2.75, 3.05) is 12.3 Å². The smallest absolute Gasteiger partial charge is 0.274 e. The van der Waals surface area contributed by atoms with Crippen LogP contribution >= 0.6 is 11.3 Å². The van der Waals surface area contributed by atoms with Crippen LogP contribution in [0.2, 0.25) is 0 Å². The molecule has 0 saturated heterocycles. The van der Waals surface area contributed by atoms with E-state index >= 15 is 0 Å². The molecule has 1 aliphatic rings. The van der Waals surface area contributed by atoms with Gasteiger partial charge in [0.2, 0.25) is 0 Å². The topological polar surface area (TPSA) is 103 Å². The highest BCUT2D eigenvalue weighted by molar-refractivity contribution is 7.13. The highest BCUT2D eigenvalue weighted by Gasteiger charge is 2.37. The molecular weight excluding hydrogens is 362 g/mol. The van der Waals surface area contributed by atoms with Gasteiger partial charge in [-0.3, -0.25) is 9.78 Å². The predicted molar refractivity (Wildman–Crippen MR) is 103 cm³/mol. The minimum Gasteiger partial charge on any atom is -0.375 e. The van der Waals surface area contributed by atoms with Crippen LogP contribution in [-0.4, -0.2) is 42.1 Å². The fraction of sp³-hybridized carbons (Fsp3) is 0.389. The minimum atomic E-state index is -0.155. The number of carbonyl (C=O) groups excluding carboxylic acids is 1. The number of hydrogen-bond acceptors (Lipinski definition) is 7.